The van der Waals surface area contributed by atoms with Gasteiger partial charge in [-0.05, 0) is 46.2 Å². The van der Waals surface area contributed by atoms with E-state index in [4.69, 9.17) is 4.74 Å². The lowest BCUT2D eigenvalue weighted by molar-refractivity contribution is 0.0500. The van der Waals surface area contributed by atoms with E-state index in [0.29, 0.717) is 12.2 Å². The highest BCUT2D eigenvalue weighted by atomic mass is 16.5. The van der Waals surface area contributed by atoms with Gasteiger partial charge < -0.3 is 4.74 Å². The van der Waals surface area contributed by atoms with Crippen LogP contribution in [0.2, 0.25) is 0 Å². The molecule has 0 spiro atoms. The molecule has 2 nitrogen and oxygen atoms in total. The van der Waals surface area contributed by atoms with Gasteiger partial charge in [-0.25, -0.2) is 4.79 Å². The molecule has 0 N–H and O–H groups in total. The number of rotatable bonds is 7. The highest BCUT2D eigenvalue weighted by Gasteiger charge is 2.11. The molecule has 2 heteroatoms. The fourth-order valence-corrected chi connectivity index (χ4v) is 3.09. The average Bonchev–Trinajstić information content (AvgIpc) is 2.62. The van der Waals surface area contributed by atoms with Crippen LogP contribution < -0.4 is 0 Å². The van der Waals surface area contributed by atoms with Crippen LogP contribution in [0.4, 0.5) is 0 Å². The Kier molecular flexibility index (Phi) is 5.47. The van der Waals surface area contributed by atoms with Crippen molar-refractivity contribution in [3.05, 3.63) is 60.2 Å². The third kappa shape index (κ3) is 3.76. The van der Waals surface area contributed by atoms with Gasteiger partial charge in [0.15, 0.2) is 0 Å². The van der Waals surface area contributed by atoms with Gasteiger partial charge in [0.1, 0.15) is 0 Å². The third-order valence-electron chi connectivity index (χ3n) is 4.45. The van der Waals surface area contributed by atoms with Gasteiger partial charge in [0.05, 0.1) is 12.2 Å². The summed E-state index contributed by atoms with van der Waals surface area (Å²) in [7, 11) is 0. The van der Waals surface area contributed by atoms with Crippen molar-refractivity contribution in [2.24, 2.45) is 0 Å². The molecule has 0 bridgehead atoms. The van der Waals surface area contributed by atoms with Crippen LogP contribution in [0, 0.1) is 0 Å². The summed E-state index contributed by atoms with van der Waals surface area (Å²) in [6, 6.07) is 18.3. The molecule has 3 aromatic rings. The number of fused-ring (bicyclic) bond motifs is 2. The Morgan fingerprint density at radius 1 is 0.833 bits per heavy atom. The molecule has 3 aromatic carbocycles. The van der Waals surface area contributed by atoms with Crippen molar-refractivity contribution in [1.29, 1.82) is 0 Å². The molecule has 0 radical (unpaired) electrons. The molecule has 0 saturated carbocycles. The van der Waals surface area contributed by atoms with Gasteiger partial charge in [-0.15, -0.1) is 0 Å². The molecule has 0 aliphatic rings. The van der Waals surface area contributed by atoms with Crippen molar-refractivity contribution in [3.63, 3.8) is 0 Å². The van der Waals surface area contributed by atoms with E-state index in [2.05, 4.69) is 31.2 Å². The molecule has 0 amide bonds. The maximum absolute atomic E-state index is 12.5. The summed E-state index contributed by atoms with van der Waals surface area (Å²) in [4.78, 5) is 12.5. The minimum atomic E-state index is -0.216. The Labute approximate surface area is 143 Å². The first-order valence-electron chi connectivity index (χ1n) is 8.88. The largest absolute Gasteiger partial charge is 0.462 e. The lowest BCUT2D eigenvalue weighted by Gasteiger charge is -2.09. The van der Waals surface area contributed by atoms with Gasteiger partial charge in [-0.1, -0.05) is 69.0 Å². The SMILES string of the molecule is CCCCCCCOC(=O)c1cccc2cc3ccccc3cc12. The summed E-state index contributed by atoms with van der Waals surface area (Å²) in [5, 5.41) is 4.37. The lowest BCUT2D eigenvalue weighted by Crippen LogP contribution is -2.07. The molecular weight excluding hydrogens is 296 g/mol. The van der Waals surface area contributed by atoms with Gasteiger partial charge in [-0.2, -0.15) is 0 Å². The van der Waals surface area contributed by atoms with Crippen molar-refractivity contribution in [3.8, 4) is 0 Å². The Bertz CT molecular complexity index is 836. The molecule has 0 aliphatic carbocycles. The molecule has 124 valence electrons. The van der Waals surface area contributed by atoms with Crippen molar-refractivity contribution >= 4 is 27.5 Å². The Balaban J connectivity index is 1.76. The van der Waals surface area contributed by atoms with E-state index in [1.165, 1.54) is 24.6 Å². The molecule has 0 atom stereocenters. The van der Waals surface area contributed by atoms with Gasteiger partial charge in [0.25, 0.3) is 0 Å². The van der Waals surface area contributed by atoms with Crippen molar-refractivity contribution in [2.45, 2.75) is 39.0 Å². The number of hydrogen-bond donors (Lipinski definition) is 0. The van der Waals surface area contributed by atoms with E-state index in [9.17, 15) is 4.79 Å². The number of hydrogen-bond acceptors (Lipinski definition) is 2. The highest BCUT2D eigenvalue weighted by molar-refractivity contribution is 6.08. The maximum Gasteiger partial charge on any atom is 0.338 e. The standard InChI is InChI=1S/C22H24O2/c1-2-3-4-5-8-14-24-22(23)20-13-9-12-19-15-17-10-6-7-11-18(17)16-21(19)20/h6-7,9-13,15-16H,2-5,8,14H2,1H3. The second-order valence-corrected chi connectivity index (χ2v) is 6.28. The zero-order chi connectivity index (χ0) is 16.8. The smallest absolute Gasteiger partial charge is 0.338 e. The first-order valence-corrected chi connectivity index (χ1v) is 8.88. The minimum Gasteiger partial charge on any atom is -0.462 e. The topological polar surface area (TPSA) is 26.3 Å². The van der Waals surface area contributed by atoms with Gasteiger partial charge in [-0.3, -0.25) is 0 Å². The first kappa shape index (κ1) is 16.5. The predicted molar refractivity (Wildman–Crippen MR) is 100 cm³/mol. The number of benzene rings is 3. The van der Waals surface area contributed by atoms with Crippen LogP contribution in [-0.4, -0.2) is 12.6 Å². The summed E-state index contributed by atoms with van der Waals surface area (Å²) in [5.74, 6) is -0.216. The number of esters is 1. The third-order valence-corrected chi connectivity index (χ3v) is 4.45. The van der Waals surface area contributed by atoms with E-state index in [0.717, 1.165) is 29.0 Å². The van der Waals surface area contributed by atoms with Crippen molar-refractivity contribution < 1.29 is 9.53 Å². The van der Waals surface area contributed by atoms with Gasteiger partial charge in [0.2, 0.25) is 0 Å². The normalized spacial score (nSPS) is 11.0. The molecule has 0 heterocycles. The fraction of sp³-hybridized carbons (Fsp3) is 0.318. The summed E-state index contributed by atoms with van der Waals surface area (Å²) >= 11 is 0. The van der Waals surface area contributed by atoms with Crippen LogP contribution in [0.15, 0.2) is 54.6 Å². The van der Waals surface area contributed by atoms with Crippen LogP contribution in [0.3, 0.4) is 0 Å². The zero-order valence-corrected chi connectivity index (χ0v) is 14.3. The lowest BCUT2D eigenvalue weighted by atomic mass is 10.00. The number of ether oxygens (including phenoxy) is 1. The van der Waals surface area contributed by atoms with Crippen LogP contribution in [0.25, 0.3) is 21.5 Å². The molecule has 0 aliphatic heterocycles. The Morgan fingerprint density at radius 3 is 2.33 bits per heavy atom. The van der Waals surface area contributed by atoms with Crippen molar-refractivity contribution in [1.82, 2.24) is 0 Å². The fourth-order valence-electron chi connectivity index (χ4n) is 3.09. The van der Waals surface area contributed by atoms with Crippen LogP contribution in [0.5, 0.6) is 0 Å². The molecule has 0 unspecified atom stereocenters. The number of unbranched alkanes of at least 4 members (excludes halogenated alkanes) is 4. The molecule has 24 heavy (non-hydrogen) atoms. The molecule has 0 saturated heterocycles. The number of carbonyl (C=O) groups excluding carboxylic acids is 1. The van der Waals surface area contributed by atoms with E-state index < -0.39 is 0 Å². The molecule has 0 fully saturated rings. The Hall–Kier alpha value is -2.35. The minimum absolute atomic E-state index is 0.216. The highest BCUT2D eigenvalue weighted by Crippen LogP contribution is 2.26. The first-order chi connectivity index (χ1) is 11.8. The predicted octanol–water partition coefficient (Wildman–Crippen LogP) is 6.12. The van der Waals surface area contributed by atoms with E-state index in [1.807, 2.05) is 30.3 Å². The zero-order valence-electron chi connectivity index (χ0n) is 14.3. The van der Waals surface area contributed by atoms with Crippen LogP contribution in [-0.2, 0) is 4.74 Å². The van der Waals surface area contributed by atoms with E-state index >= 15 is 0 Å². The molecule has 3 rings (SSSR count). The second kappa shape index (κ2) is 7.96. The summed E-state index contributed by atoms with van der Waals surface area (Å²) in [6.07, 6.45) is 5.77. The van der Waals surface area contributed by atoms with E-state index in [-0.39, 0.29) is 5.97 Å². The Morgan fingerprint density at radius 2 is 1.54 bits per heavy atom. The quantitative estimate of drug-likeness (QED) is 0.298. The summed E-state index contributed by atoms with van der Waals surface area (Å²) < 4.78 is 5.49. The monoisotopic (exact) mass is 320 g/mol. The van der Waals surface area contributed by atoms with Crippen LogP contribution in [0.1, 0.15) is 49.4 Å². The van der Waals surface area contributed by atoms with E-state index in [1.54, 1.807) is 0 Å². The van der Waals surface area contributed by atoms with Crippen molar-refractivity contribution in [2.75, 3.05) is 6.61 Å². The van der Waals surface area contributed by atoms with Gasteiger partial charge >= 0.3 is 5.97 Å². The summed E-state index contributed by atoms with van der Waals surface area (Å²) in [5.41, 5.74) is 0.659. The molecule has 0 aromatic heterocycles. The van der Waals surface area contributed by atoms with Crippen LogP contribution >= 0.6 is 0 Å². The van der Waals surface area contributed by atoms with Gasteiger partial charge in [0, 0.05) is 0 Å². The average molecular weight is 320 g/mol. The number of carbonyl (C=O) groups is 1. The molecular formula is C22H24O2. The second-order valence-electron chi connectivity index (χ2n) is 6.28. The maximum atomic E-state index is 12.5. The summed E-state index contributed by atoms with van der Waals surface area (Å²) in [6.45, 7) is 2.71.